The van der Waals surface area contributed by atoms with Gasteiger partial charge >= 0.3 is 18.2 Å². The van der Waals surface area contributed by atoms with Crippen LogP contribution in [0.25, 0.3) is 11.5 Å². The molecule has 14 heteroatoms. The first-order valence-electron chi connectivity index (χ1n) is 10.8. The zero-order chi connectivity index (χ0) is 24.6. The number of rotatable bonds is 7. The zero-order valence-corrected chi connectivity index (χ0v) is 18.1. The lowest BCUT2D eigenvalue weighted by Crippen LogP contribution is -2.36. The van der Waals surface area contributed by atoms with Crippen molar-refractivity contribution in [3.8, 4) is 23.4 Å². The third-order valence-corrected chi connectivity index (χ3v) is 5.84. The Morgan fingerprint density at radius 1 is 1.26 bits per heavy atom. The molecule has 1 unspecified atom stereocenters. The summed E-state index contributed by atoms with van der Waals surface area (Å²) in [7, 11) is 0. The fourth-order valence-electron chi connectivity index (χ4n) is 4.18. The number of hydrogen-bond acceptors (Lipinski definition) is 9. The number of alkyl halides is 3. The van der Waals surface area contributed by atoms with Gasteiger partial charge in [0.2, 0.25) is 5.89 Å². The minimum atomic E-state index is -4.85. The Labute approximate surface area is 196 Å². The fraction of sp³-hybridized carbons (Fsp3) is 0.429. The average Bonchev–Trinajstić information content (AvgIpc) is 3.18. The molecule has 0 bridgehead atoms. The summed E-state index contributed by atoms with van der Waals surface area (Å²) >= 11 is 0. The third-order valence-electron chi connectivity index (χ3n) is 5.84. The monoisotopic (exact) mass is 488 g/mol. The van der Waals surface area contributed by atoms with Crippen LogP contribution in [0.3, 0.4) is 0 Å². The van der Waals surface area contributed by atoms with Crippen LogP contribution in [0.2, 0.25) is 0 Å². The van der Waals surface area contributed by atoms with Gasteiger partial charge in [0.05, 0.1) is 25.0 Å². The van der Waals surface area contributed by atoms with Crippen LogP contribution in [0.4, 0.5) is 13.2 Å². The second kappa shape index (κ2) is 8.90. The van der Waals surface area contributed by atoms with Crippen LogP contribution in [0, 0.1) is 11.5 Å². The molecule has 3 heterocycles. The van der Waals surface area contributed by atoms with Gasteiger partial charge in [-0.2, -0.15) is 20.3 Å². The number of carbonyl (C=O) groups excluding carboxylic acids is 1. The van der Waals surface area contributed by atoms with Gasteiger partial charge in [-0.1, -0.05) is 6.07 Å². The molecule has 1 saturated carbocycles. The van der Waals surface area contributed by atoms with Gasteiger partial charge in [-0.3, -0.25) is 4.79 Å². The summed E-state index contributed by atoms with van der Waals surface area (Å²) in [5, 5.41) is 28.0. The maximum Gasteiger partial charge on any atom is 0.573 e. The third kappa shape index (κ3) is 5.18. The normalized spacial score (nSPS) is 20.0. The van der Waals surface area contributed by atoms with Gasteiger partial charge in [-0.15, -0.1) is 23.4 Å². The van der Waals surface area contributed by atoms with Gasteiger partial charge in [0.1, 0.15) is 5.75 Å². The Morgan fingerprint density at radius 3 is 2.71 bits per heavy atom. The molecule has 5 rings (SSSR count). The molecule has 1 aliphatic carbocycles. The van der Waals surface area contributed by atoms with E-state index in [1.807, 2.05) is 0 Å². The minimum Gasteiger partial charge on any atom is -0.412 e. The molecule has 1 saturated heterocycles. The summed E-state index contributed by atoms with van der Waals surface area (Å²) in [6.45, 7) is 0.676. The summed E-state index contributed by atoms with van der Waals surface area (Å²) in [5.74, 6) is -1.28. The van der Waals surface area contributed by atoms with E-state index in [0.717, 1.165) is 18.4 Å². The number of benzene rings is 1. The van der Waals surface area contributed by atoms with Crippen molar-refractivity contribution in [1.82, 2.24) is 35.4 Å². The summed E-state index contributed by atoms with van der Waals surface area (Å²) in [4.78, 5) is 15.8. The summed E-state index contributed by atoms with van der Waals surface area (Å²) in [5.41, 5.74) is 1.05. The second-order valence-corrected chi connectivity index (χ2v) is 8.38. The molecular weight excluding hydrogens is 469 g/mol. The van der Waals surface area contributed by atoms with E-state index in [2.05, 4.69) is 36.6 Å². The minimum absolute atomic E-state index is 0.0719. The van der Waals surface area contributed by atoms with Crippen molar-refractivity contribution < 1.29 is 27.1 Å². The van der Waals surface area contributed by atoms with Crippen molar-refractivity contribution in [2.75, 3.05) is 6.54 Å². The molecule has 11 nitrogen and oxygen atoms in total. The van der Waals surface area contributed by atoms with Crippen LogP contribution in [-0.2, 0) is 6.54 Å². The lowest BCUT2D eigenvalue weighted by molar-refractivity contribution is -0.274. The molecule has 2 aromatic heterocycles. The number of nitriles is 1. The van der Waals surface area contributed by atoms with Crippen LogP contribution in [0.1, 0.15) is 41.4 Å². The summed E-state index contributed by atoms with van der Waals surface area (Å²) < 4.78 is 47.6. The van der Waals surface area contributed by atoms with Crippen molar-refractivity contribution in [3.63, 3.8) is 0 Å². The van der Waals surface area contributed by atoms with E-state index in [4.69, 9.17) is 4.42 Å². The molecule has 182 valence electrons. The highest BCUT2D eigenvalue weighted by molar-refractivity contribution is 5.90. The van der Waals surface area contributed by atoms with Gasteiger partial charge in [-0.05, 0) is 42.9 Å². The second-order valence-electron chi connectivity index (χ2n) is 8.38. The molecule has 2 fully saturated rings. The highest BCUT2D eigenvalue weighted by Crippen LogP contribution is 2.45. The zero-order valence-electron chi connectivity index (χ0n) is 18.1. The first-order chi connectivity index (χ1) is 16.8. The molecule has 0 radical (unpaired) electrons. The molecule has 1 aliphatic heterocycles. The van der Waals surface area contributed by atoms with Crippen LogP contribution >= 0.6 is 0 Å². The highest BCUT2D eigenvalue weighted by atomic mass is 19.4. The van der Waals surface area contributed by atoms with E-state index in [1.54, 1.807) is 11.0 Å². The lowest BCUT2D eigenvalue weighted by Gasteiger charge is -2.16. The van der Waals surface area contributed by atoms with Crippen molar-refractivity contribution in [2.24, 2.45) is 0 Å². The Morgan fingerprint density at radius 2 is 2.03 bits per heavy atom. The van der Waals surface area contributed by atoms with Crippen LogP contribution in [-0.4, -0.2) is 61.0 Å². The van der Waals surface area contributed by atoms with E-state index in [-0.39, 0.29) is 36.3 Å². The molecule has 1 N–H and O–H groups in total. The number of carbonyl (C=O) groups is 1. The van der Waals surface area contributed by atoms with Crippen LogP contribution in [0.15, 0.2) is 35.0 Å². The molecule has 1 aromatic carbocycles. The number of nitrogens with one attached hydrogen (secondary N) is 1. The van der Waals surface area contributed by atoms with Crippen molar-refractivity contribution in [3.05, 3.63) is 42.0 Å². The highest BCUT2D eigenvalue weighted by Gasteiger charge is 2.35. The van der Waals surface area contributed by atoms with Gasteiger partial charge in [0.15, 0.2) is 6.19 Å². The van der Waals surface area contributed by atoms with E-state index in [0.29, 0.717) is 18.5 Å². The van der Waals surface area contributed by atoms with Crippen molar-refractivity contribution in [2.45, 2.75) is 50.2 Å². The standard InChI is InChI=1S/C21H19F3N8O3/c22-21(23,24)35-15-3-4-16(12-1-2-12)17(8-15)19-29-30-20(34-19)18(33)28-13-7-14(31(9-13)11-25)10-32-26-5-6-27-32/h3-6,8,12-14H,1-2,7,9-10H2,(H,28,33)/t13?,14-/m0/s1. The quantitative estimate of drug-likeness (QED) is 0.498. The number of amides is 1. The Bertz CT molecular complexity index is 1250. The maximum absolute atomic E-state index is 12.7. The van der Waals surface area contributed by atoms with Crippen molar-refractivity contribution in [1.29, 1.82) is 5.26 Å². The number of ether oxygens (including phenoxy) is 1. The SMILES string of the molecule is N#CN1CC(NC(=O)c2nnc(-c3cc(OC(F)(F)F)ccc3C3CC3)o2)C[C@H]1Cn1nccn1. The van der Waals surface area contributed by atoms with Gasteiger partial charge in [-0.25, -0.2) is 0 Å². The number of likely N-dealkylation sites (tertiary alicyclic amines) is 1. The predicted molar refractivity (Wildman–Crippen MR) is 110 cm³/mol. The Kier molecular flexibility index (Phi) is 5.75. The fourth-order valence-corrected chi connectivity index (χ4v) is 4.18. The van der Waals surface area contributed by atoms with Gasteiger partial charge < -0.3 is 19.4 Å². The average molecular weight is 488 g/mol. The molecular formula is C21H19F3N8O3. The number of halogens is 3. The first-order valence-corrected chi connectivity index (χ1v) is 10.8. The van der Waals surface area contributed by atoms with Crippen LogP contribution < -0.4 is 10.1 Å². The smallest absolute Gasteiger partial charge is 0.412 e. The maximum atomic E-state index is 12.7. The molecule has 2 atom stereocenters. The van der Waals surface area contributed by atoms with Crippen LogP contribution in [0.5, 0.6) is 5.75 Å². The summed E-state index contributed by atoms with van der Waals surface area (Å²) in [6.07, 6.45) is 2.60. The first kappa shape index (κ1) is 22.6. The molecule has 0 spiro atoms. The lowest BCUT2D eigenvalue weighted by atomic mass is 10.0. The largest absolute Gasteiger partial charge is 0.573 e. The molecule has 1 amide bonds. The molecule has 35 heavy (non-hydrogen) atoms. The van der Waals surface area contributed by atoms with E-state index in [1.165, 1.54) is 29.3 Å². The topological polar surface area (TPSA) is 135 Å². The number of nitrogens with zero attached hydrogens (tertiary/aromatic N) is 7. The van der Waals surface area contributed by atoms with Gasteiger partial charge in [0.25, 0.3) is 0 Å². The predicted octanol–water partition coefficient (Wildman–Crippen LogP) is 2.46. The Hall–Kier alpha value is -4.15. The number of aromatic nitrogens is 5. The molecule has 3 aromatic rings. The Balaban J connectivity index is 1.29. The molecule has 2 aliphatic rings. The summed E-state index contributed by atoms with van der Waals surface area (Å²) in [6, 6.07) is 3.41. The number of hydrogen-bond donors (Lipinski definition) is 1. The van der Waals surface area contributed by atoms with E-state index in [9.17, 15) is 23.2 Å². The van der Waals surface area contributed by atoms with Crippen molar-refractivity contribution >= 4 is 5.91 Å². The van der Waals surface area contributed by atoms with E-state index < -0.39 is 18.0 Å². The van der Waals surface area contributed by atoms with Gasteiger partial charge in [0, 0.05) is 18.2 Å². The van der Waals surface area contributed by atoms with E-state index >= 15 is 0 Å².